The van der Waals surface area contributed by atoms with E-state index in [4.69, 9.17) is 27.5 Å². The van der Waals surface area contributed by atoms with Gasteiger partial charge in [0.05, 0.1) is 18.2 Å². The van der Waals surface area contributed by atoms with Crippen LogP contribution in [0.2, 0.25) is 5.02 Å². The predicted octanol–water partition coefficient (Wildman–Crippen LogP) is 2.97. The molecule has 0 unspecified atom stereocenters. The number of nitrogens with two attached hydrogens (primary N) is 1. The van der Waals surface area contributed by atoms with Crippen LogP contribution < -0.4 is 10.5 Å². The van der Waals surface area contributed by atoms with Gasteiger partial charge in [-0.15, -0.1) is 12.4 Å². The third kappa shape index (κ3) is 3.86. The molecule has 0 saturated carbocycles. The SMILES string of the molecule is CCOc1cc(F)c(Cn2cc(Cl)c(C(=N)N)n2)c(F)c1.Cl. The normalized spacial score (nSPS) is 10.2. The Kier molecular flexibility index (Phi) is 6.13. The van der Waals surface area contributed by atoms with Gasteiger partial charge in [0, 0.05) is 23.9 Å². The summed E-state index contributed by atoms with van der Waals surface area (Å²) in [4.78, 5) is 0. The number of ether oxygens (including phenoxy) is 1. The standard InChI is InChI=1S/C13H13ClF2N4O.ClH/c1-2-21-7-3-10(15)8(11(16)4-7)5-20-6-9(14)12(19-20)13(17)18;/h3-4,6H,2,5H2,1H3,(H3,17,18);1H. The summed E-state index contributed by atoms with van der Waals surface area (Å²) >= 11 is 5.84. The van der Waals surface area contributed by atoms with Gasteiger partial charge in [-0.1, -0.05) is 11.6 Å². The zero-order chi connectivity index (χ0) is 15.6. The molecule has 2 rings (SSSR count). The fraction of sp³-hybridized carbons (Fsp3) is 0.231. The first-order valence-electron chi connectivity index (χ1n) is 6.10. The van der Waals surface area contributed by atoms with E-state index < -0.39 is 11.6 Å². The maximum absolute atomic E-state index is 13.9. The van der Waals surface area contributed by atoms with Gasteiger partial charge < -0.3 is 10.5 Å². The van der Waals surface area contributed by atoms with Crippen molar-refractivity contribution in [2.75, 3.05) is 6.61 Å². The van der Waals surface area contributed by atoms with Gasteiger partial charge in [0.1, 0.15) is 28.9 Å². The molecule has 1 aromatic heterocycles. The monoisotopic (exact) mass is 350 g/mol. The molecule has 0 aliphatic heterocycles. The molecule has 0 atom stereocenters. The first kappa shape index (κ1) is 18.2. The average Bonchev–Trinajstić information content (AvgIpc) is 2.75. The van der Waals surface area contributed by atoms with E-state index in [1.54, 1.807) is 6.92 Å². The lowest BCUT2D eigenvalue weighted by atomic mass is 10.2. The predicted molar refractivity (Wildman–Crippen MR) is 82.1 cm³/mol. The number of aromatic nitrogens is 2. The van der Waals surface area contributed by atoms with Crippen LogP contribution in [0.25, 0.3) is 0 Å². The largest absolute Gasteiger partial charge is 0.494 e. The molecule has 0 spiro atoms. The van der Waals surface area contributed by atoms with Gasteiger partial charge in [0.2, 0.25) is 0 Å². The summed E-state index contributed by atoms with van der Waals surface area (Å²) in [6.07, 6.45) is 1.35. The van der Waals surface area contributed by atoms with Gasteiger partial charge in [-0.2, -0.15) is 5.10 Å². The summed E-state index contributed by atoms with van der Waals surface area (Å²) in [5, 5.41) is 11.3. The number of amidine groups is 1. The average molecular weight is 351 g/mol. The van der Waals surface area contributed by atoms with Crippen LogP contribution >= 0.6 is 24.0 Å². The molecule has 22 heavy (non-hydrogen) atoms. The lowest BCUT2D eigenvalue weighted by molar-refractivity contribution is 0.335. The van der Waals surface area contributed by atoms with Crippen LogP contribution in [0.15, 0.2) is 18.3 Å². The number of nitrogens with zero attached hydrogens (tertiary/aromatic N) is 2. The Morgan fingerprint density at radius 3 is 2.45 bits per heavy atom. The first-order valence-corrected chi connectivity index (χ1v) is 6.48. The van der Waals surface area contributed by atoms with Crippen LogP contribution in [0, 0.1) is 17.0 Å². The van der Waals surface area contributed by atoms with E-state index in [-0.39, 0.29) is 46.8 Å². The molecule has 0 saturated heterocycles. The molecule has 0 amide bonds. The maximum atomic E-state index is 13.9. The third-order valence-electron chi connectivity index (χ3n) is 2.72. The molecule has 120 valence electrons. The molecule has 1 heterocycles. The Morgan fingerprint density at radius 2 is 2.00 bits per heavy atom. The maximum Gasteiger partial charge on any atom is 0.145 e. The van der Waals surface area contributed by atoms with Gasteiger partial charge in [0.25, 0.3) is 0 Å². The first-order chi connectivity index (χ1) is 9.92. The van der Waals surface area contributed by atoms with Crippen molar-refractivity contribution in [1.29, 1.82) is 5.41 Å². The molecule has 2 aromatic rings. The molecule has 0 fully saturated rings. The number of halogens is 4. The Balaban J connectivity index is 0.00000242. The molecule has 9 heteroatoms. The highest BCUT2D eigenvalue weighted by Gasteiger charge is 2.15. The summed E-state index contributed by atoms with van der Waals surface area (Å²) in [6.45, 7) is 1.87. The number of rotatable bonds is 5. The van der Waals surface area contributed by atoms with Crippen LogP contribution in [0.3, 0.4) is 0 Å². The van der Waals surface area contributed by atoms with Crippen LogP contribution in [0.4, 0.5) is 8.78 Å². The summed E-state index contributed by atoms with van der Waals surface area (Å²) in [6, 6.07) is 2.22. The minimum Gasteiger partial charge on any atom is -0.494 e. The van der Waals surface area contributed by atoms with Crippen LogP contribution in [0.1, 0.15) is 18.2 Å². The van der Waals surface area contributed by atoms with Crippen molar-refractivity contribution in [3.05, 3.63) is 46.2 Å². The summed E-state index contributed by atoms with van der Waals surface area (Å²) in [5.74, 6) is -1.67. The second kappa shape index (κ2) is 7.42. The number of hydrogen-bond acceptors (Lipinski definition) is 3. The molecule has 5 nitrogen and oxygen atoms in total. The highest BCUT2D eigenvalue weighted by molar-refractivity contribution is 6.33. The van der Waals surface area contributed by atoms with Crippen molar-refractivity contribution < 1.29 is 13.5 Å². The highest BCUT2D eigenvalue weighted by Crippen LogP contribution is 2.22. The lowest BCUT2D eigenvalue weighted by Crippen LogP contribution is -2.13. The smallest absolute Gasteiger partial charge is 0.145 e. The van der Waals surface area contributed by atoms with E-state index in [1.807, 2.05) is 0 Å². The third-order valence-corrected chi connectivity index (χ3v) is 2.99. The highest BCUT2D eigenvalue weighted by atomic mass is 35.5. The summed E-state index contributed by atoms with van der Waals surface area (Å²) in [7, 11) is 0. The van der Waals surface area contributed by atoms with E-state index in [1.165, 1.54) is 10.9 Å². The molecule has 1 aromatic carbocycles. The van der Waals surface area contributed by atoms with Crippen LogP contribution in [-0.2, 0) is 6.54 Å². The van der Waals surface area contributed by atoms with Gasteiger partial charge in [-0.05, 0) is 6.92 Å². The second-order valence-corrected chi connectivity index (χ2v) is 4.64. The van der Waals surface area contributed by atoms with Crippen LogP contribution in [0.5, 0.6) is 5.75 Å². The summed E-state index contributed by atoms with van der Waals surface area (Å²) in [5.41, 5.74) is 5.19. The molecule has 3 N–H and O–H groups in total. The number of hydrogen-bond donors (Lipinski definition) is 2. The van der Waals surface area contributed by atoms with Crippen molar-refractivity contribution in [3.63, 3.8) is 0 Å². The Morgan fingerprint density at radius 1 is 1.41 bits per heavy atom. The minimum atomic E-state index is -0.741. The quantitative estimate of drug-likeness (QED) is 0.642. The van der Waals surface area contributed by atoms with Crippen molar-refractivity contribution in [3.8, 4) is 5.75 Å². The van der Waals surface area contributed by atoms with Gasteiger partial charge >= 0.3 is 0 Å². The molecule has 0 aliphatic rings. The number of benzene rings is 1. The van der Waals surface area contributed by atoms with Crippen LogP contribution in [-0.4, -0.2) is 22.2 Å². The fourth-order valence-corrected chi connectivity index (χ4v) is 2.06. The molecular formula is C13H14Cl2F2N4O. The van der Waals surface area contributed by atoms with Crippen molar-refractivity contribution in [2.24, 2.45) is 5.73 Å². The topological polar surface area (TPSA) is 76.9 Å². The second-order valence-electron chi connectivity index (χ2n) is 4.24. The van der Waals surface area contributed by atoms with Crippen molar-refractivity contribution in [2.45, 2.75) is 13.5 Å². The van der Waals surface area contributed by atoms with Gasteiger partial charge in [-0.25, -0.2) is 8.78 Å². The van der Waals surface area contributed by atoms with Gasteiger partial charge in [0.15, 0.2) is 0 Å². The Bertz CT molecular complexity index is 668. The van der Waals surface area contributed by atoms with Crippen molar-refractivity contribution >= 4 is 29.8 Å². The Hall–Kier alpha value is -1.86. The summed E-state index contributed by atoms with van der Waals surface area (Å²) < 4.78 is 34.1. The Labute approximate surface area is 136 Å². The lowest BCUT2D eigenvalue weighted by Gasteiger charge is -2.09. The zero-order valence-corrected chi connectivity index (χ0v) is 13.1. The van der Waals surface area contributed by atoms with E-state index >= 15 is 0 Å². The van der Waals surface area contributed by atoms with Crippen molar-refractivity contribution in [1.82, 2.24) is 9.78 Å². The number of nitrogen functional groups attached to an aromatic ring is 1. The van der Waals surface area contributed by atoms with E-state index in [0.717, 1.165) is 12.1 Å². The molecular weight excluding hydrogens is 337 g/mol. The minimum absolute atomic E-state index is 0. The van der Waals surface area contributed by atoms with E-state index in [2.05, 4.69) is 5.10 Å². The molecule has 0 radical (unpaired) electrons. The fourth-order valence-electron chi connectivity index (χ4n) is 1.80. The van der Waals surface area contributed by atoms with E-state index in [0.29, 0.717) is 6.61 Å². The molecule has 0 aliphatic carbocycles. The van der Waals surface area contributed by atoms with E-state index in [9.17, 15) is 8.78 Å². The number of nitrogens with one attached hydrogen (secondary N) is 1. The zero-order valence-electron chi connectivity index (χ0n) is 11.6. The molecule has 0 bridgehead atoms. The van der Waals surface area contributed by atoms with Gasteiger partial charge in [-0.3, -0.25) is 10.1 Å².